The van der Waals surface area contributed by atoms with Crippen LogP contribution in [0.5, 0.6) is 5.75 Å². The monoisotopic (exact) mass is 553 g/mol. The fourth-order valence-corrected chi connectivity index (χ4v) is 3.62. The Morgan fingerprint density at radius 1 is 1.19 bits per heavy atom. The number of guanidine groups is 1. The van der Waals surface area contributed by atoms with Crippen LogP contribution in [0, 0.1) is 0 Å². The molecule has 1 aromatic carbocycles. The summed E-state index contributed by atoms with van der Waals surface area (Å²) in [5.74, 6) is 2.74. The quantitative estimate of drug-likeness (QED) is 0.305. The van der Waals surface area contributed by atoms with E-state index in [1.807, 2.05) is 43.6 Å². The van der Waals surface area contributed by atoms with Crippen LogP contribution in [-0.4, -0.2) is 67.9 Å². The molecule has 2 atom stereocenters. The summed E-state index contributed by atoms with van der Waals surface area (Å²) in [5.41, 5.74) is 1.09. The number of pyridine rings is 1. The number of hydrogen-bond acceptors (Lipinski definition) is 5. The second-order valence-electron chi connectivity index (χ2n) is 7.94. The van der Waals surface area contributed by atoms with Gasteiger partial charge >= 0.3 is 0 Å². The fourth-order valence-electron chi connectivity index (χ4n) is 3.62. The molecular formula is C24H36IN5O2. The van der Waals surface area contributed by atoms with Crippen LogP contribution < -0.4 is 15.0 Å². The molecule has 0 radical (unpaired) electrons. The van der Waals surface area contributed by atoms with Crippen molar-refractivity contribution < 1.29 is 9.47 Å². The summed E-state index contributed by atoms with van der Waals surface area (Å²) in [7, 11) is 2.03. The number of aliphatic imine (C=N–C) groups is 1. The van der Waals surface area contributed by atoms with Gasteiger partial charge in [0.05, 0.1) is 25.3 Å². The molecule has 1 aliphatic heterocycles. The Morgan fingerprint density at radius 2 is 1.91 bits per heavy atom. The highest BCUT2D eigenvalue weighted by atomic mass is 127. The van der Waals surface area contributed by atoms with Crippen molar-refractivity contribution in [3.05, 3.63) is 54.2 Å². The van der Waals surface area contributed by atoms with E-state index in [2.05, 4.69) is 53.0 Å². The molecule has 3 rings (SSSR count). The highest BCUT2D eigenvalue weighted by molar-refractivity contribution is 14.0. The largest absolute Gasteiger partial charge is 0.492 e. The number of likely N-dealkylation sites (N-methyl/N-ethyl adjacent to an activating group) is 1. The maximum atomic E-state index is 5.82. The smallest absolute Gasteiger partial charge is 0.194 e. The first-order valence-electron chi connectivity index (χ1n) is 11.1. The molecule has 2 aromatic rings. The average Bonchev–Trinajstić information content (AvgIpc) is 2.77. The minimum absolute atomic E-state index is 0. The number of rotatable bonds is 8. The normalized spacial score (nSPS) is 18.6. The summed E-state index contributed by atoms with van der Waals surface area (Å²) in [5, 5.41) is 3.35. The van der Waals surface area contributed by atoms with Gasteiger partial charge in [0.2, 0.25) is 0 Å². The highest BCUT2D eigenvalue weighted by Gasteiger charge is 2.22. The third kappa shape index (κ3) is 8.12. The van der Waals surface area contributed by atoms with Crippen LogP contribution in [0.2, 0.25) is 0 Å². The summed E-state index contributed by atoms with van der Waals surface area (Å²) >= 11 is 0. The Morgan fingerprint density at radius 3 is 2.53 bits per heavy atom. The molecule has 2 heterocycles. The molecule has 0 amide bonds. The third-order valence-corrected chi connectivity index (χ3v) is 5.10. The van der Waals surface area contributed by atoms with Crippen molar-refractivity contribution in [1.82, 2.24) is 15.2 Å². The molecule has 2 unspecified atom stereocenters. The van der Waals surface area contributed by atoms with Crippen LogP contribution in [0.25, 0.3) is 0 Å². The molecule has 0 bridgehead atoms. The van der Waals surface area contributed by atoms with Crippen molar-refractivity contribution in [3.8, 4) is 5.75 Å². The molecule has 32 heavy (non-hydrogen) atoms. The Labute approximate surface area is 209 Å². The zero-order valence-electron chi connectivity index (χ0n) is 19.5. The third-order valence-electron chi connectivity index (χ3n) is 5.10. The van der Waals surface area contributed by atoms with Crippen LogP contribution in [0.4, 0.5) is 5.82 Å². The van der Waals surface area contributed by atoms with Crippen molar-refractivity contribution in [2.24, 2.45) is 4.99 Å². The Balaban J connectivity index is 0.00000363. The van der Waals surface area contributed by atoms with E-state index < -0.39 is 0 Å². The summed E-state index contributed by atoms with van der Waals surface area (Å²) < 4.78 is 11.6. The van der Waals surface area contributed by atoms with Crippen LogP contribution in [0.3, 0.4) is 0 Å². The van der Waals surface area contributed by atoms with E-state index in [0.29, 0.717) is 13.2 Å². The maximum Gasteiger partial charge on any atom is 0.194 e. The summed E-state index contributed by atoms with van der Waals surface area (Å²) in [6, 6.07) is 14.1. The Hall–Kier alpha value is -2.07. The molecule has 1 saturated heterocycles. The fraction of sp³-hybridized carbons (Fsp3) is 0.500. The minimum Gasteiger partial charge on any atom is -0.492 e. The molecule has 1 aromatic heterocycles. The van der Waals surface area contributed by atoms with Crippen LogP contribution >= 0.6 is 24.0 Å². The van der Waals surface area contributed by atoms with Crippen molar-refractivity contribution in [3.63, 3.8) is 0 Å². The molecule has 1 aliphatic rings. The van der Waals surface area contributed by atoms with Crippen molar-refractivity contribution in [2.45, 2.75) is 39.5 Å². The van der Waals surface area contributed by atoms with E-state index in [4.69, 9.17) is 14.5 Å². The predicted molar refractivity (Wildman–Crippen MR) is 141 cm³/mol. The first-order chi connectivity index (χ1) is 15.0. The average molecular weight is 553 g/mol. The van der Waals surface area contributed by atoms with Gasteiger partial charge in [0.1, 0.15) is 18.2 Å². The first-order valence-corrected chi connectivity index (χ1v) is 11.1. The zero-order valence-corrected chi connectivity index (χ0v) is 21.9. The number of para-hydroxylation sites is 1. The molecule has 7 nitrogen and oxygen atoms in total. The molecule has 1 fully saturated rings. The molecule has 8 heteroatoms. The van der Waals surface area contributed by atoms with E-state index >= 15 is 0 Å². The number of morpholine rings is 1. The SMILES string of the molecule is CCNC(=NCc1ccc(N2CC(C)OC(C)C2)nc1)N(C)CCOc1ccccc1.I. The van der Waals surface area contributed by atoms with Crippen molar-refractivity contribution in [1.29, 1.82) is 0 Å². The molecule has 0 saturated carbocycles. The Bertz CT molecular complexity index is 809. The highest BCUT2D eigenvalue weighted by Crippen LogP contribution is 2.18. The van der Waals surface area contributed by atoms with Crippen LogP contribution in [0.1, 0.15) is 26.3 Å². The zero-order chi connectivity index (χ0) is 22.1. The summed E-state index contributed by atoms with van der Waals surface area (Å²) in [6.07, 6.45) is 2.36. The number of benzene rings is 1. The van der Waals surface area contributed by atoms with Crippen LogP contribution in [-0.2, 0) is 11.3 Å². The van der Waals surface area contributed by atoms with Gasteiger partial charge in [-0.25, -0.2) is 9.98 Å². The van der Waals surface area contributed by atoms with Gasteiger partial charge in [-0.15, -0.1) is 24.0 Å². The number of anilines is 1. The lowest BCUT2D eigenvalue weighted by atomic mass is 10.2. The van der Waals surface area contributed by atoms with Gasteiger partial charge in [0.15, 0.2) is 5.96 Å². The molecule has 176 valence electrons. The Kier molecular flexibility index (Phi) is 11.0. The molecular weight excluding hydrogens is 517 g/mol. The number of ether oxygens (including phenoxy) is 2. The van der Waals surface area contributed by atoms with E-state index in [-0.39, 0.29) is 36.2 Å². The van der Waals surface area contributed by atoms with E-state index in [9.17, 15) is 0 Å². The predicted octanol–water partition coefficient (Wildman–Crippen LogP) is 3.79. The van der Waals surface area contributed by atoms with Gasteiger partial charge in [-0.1, -0.05) is 24.3 Å². The van der Waals surface area contributed by atoms with Crippen molar-refractivity contribution >= 4 is 35.8 Å². The topological polar surface area (TPSA) is 62.2 Å². The first kappa shape index (κ1) is 26.2. The lowest BCUT2D eigenvalue weighted by molar-refractivity contribution is -0.00545. The van der Waals surface area contributed by atoms with E-state index in [1.165, 1.54) is 0 Å². The van der Waals surface area contributed by atoms with Crippen molar-refractivity contribution in [2.75, 3.05) is 44.7 Å². The second kappa shape index (κ2) is 13.5. The lowest BCUT2D eigenvalue weighted by Gasteiger charge is -2.36. The summed E-state index contributed by atoms with van der Waals surface area (Å²) in [6.45, 7) is 10.8. The second-order valence-corrected chi connectivity index (χ2v) is 7.94. The van der Waals surface area contributed by atoms with E-state index in [1.54, 1.807) is 0 Å². The number of hydrogen-bond donors (Lipinski definition) is 1. The standard InChI is InChI=1S/C24H35N5O2.HI/c1-5-25-24(28(4)13-14-30-22-9-7-6-8-10-22)27-16-21-11-12-23(26-15-21)29-17-19(2)31-20(3)18-29;/h6-12,15,19-20H,5,13-14,16-18H2,1-4H3,(H,25,27);1H. The summed E-state index contributed by atoms with van der Waals surface area (Å²) in [4.78, 5) is 13.8. The van der Waals surface area contributed by atoms with Gasteiger partial charge in [-0.05, 0) is 44.5 Å². The molecule has 0 spiro atoms. The lowest BCUT2D eigenvalue weighted by Crippen LogP contribution is -2.45. The van der Waals surface area contributed by atoms with Gasteiger partial charge in [0.25, 0.3) is 0 Å². The molecule has 0 aliphatic carbocycles. The number of nitrogens with one attached hydrogen (secondary N) is 1. The number of halogens is 1. The van der Waals surface area contributed by atoms with E-state index in [0.717, 1.165) is 49.3 Å². The molecule has 1 N–H and O–H groups in total. The minimum atomic E-state index is 0. The van der Waals surface area contributed by atoms with Crippen LogP contribution in [0.15, 0.2) is 53.7 Å². The maximum absolute atomic E-state index is 5.82. The van der Waals surface area contributed by atoms with Gasteiger partial charge in [0, 0.05) is 32.9 Å². The van der Waals surface area contributed by atoms with Gasteiger partial charge in [-0.2, -0.15) is 0 Å². The van der Waals surface area contributed by atoms with Gasteiger partial charge in [-0.3, -0.25) is 0 Å². The number of nitrogens with zero attached hydrogens (tertiary/aromatic N) is 4. The van der Waals surface area contributed by atoms with Gasteiger partial charge < -0.3 is 24.6 Å². The number of aromatic nitrogens is 1.